The molecule has 1 heterocycles. The number of rotatable bonds is 2. The molecule has 0 unspecified atom stereocenters. The minimum absolute atomic E-state index is 0.0303. The van der Waals surface area contributed by atoms with Crippen molar-refractivity contribution in [2.45, 2.75) is 26.8 Å². The summed E-state index contributed by atoms with van der Waals surface area (Å²) < 4.78 is 0.899. The van der Waals surface area contributed by atoms with Gasteiger partial charge in [-0.2, -0.15) is 0 Å². The zero-order valence-electron chi connectivity index (χ0n) is 13.2. The van der Waals surface area contributed by atoms with Crippen LogP contribution in [-0.4, -0.2) is 54.0 Å². The van der Waals surface area contributed by atoms with Crippen LogP contribution in [-0.2, 0) is 0 Å². The van der Waals surface area contributed by atoms with Crippen molar-refractivity contribution in [1.29, 1.82) is 0 Å². The summed E-state index contributed by atoms with van der Waals surface area (Å²) in [6.45, 7) is 8.08. The molecule has 5 nitrogen and oxygen atoms in total. The van der Waals surface area contributed by atoms with E-state index in [1.54, 1.807) is 4.90 Å². The Hall–Kier alpha value is -1.56. The van der Waals surface area contributed by atoms with Gasteiger partial charge in [0.25, 0.3) is 5.91 Å². The molecule has 2 rings (SSSR count). The molecule has 0 saturated carbocycles. The summed E-state index contributed by atoms with van der Waals surface area (Å²) >= 11 is 3.41. The molecule has 1 aliphatic heterocycles. The van der Waals surface area contributed by atoms with Crippen molar-refractivity contribution in [3.8, 4) is 0 Å². The van der Waals surface area contributed by atoms with E-state index in [-0.39, 0.29) is 18.0 Å². The van der Waals surface area contributed by atoms with Crippen molar-refractivity contribution in [3.63, 3.8) is 0 Å². The summed E-state index contributed by atoms with van der Waals surface area (Å²) in [5.41, 5.74) is 1.68. The van der Waals surface area contributed by atoms with Crippen molar-refractivity contribution < 1.29 is 9.59 Å². The van der Waals surface area contributed by atoms with Crippen molar-refractivity contribution >= 4 is 27.9 Å². The number of hydrogen-bond donors (Lipinski definition) is 1. The average molecular weight is 368 g/mol. The third-order valence-corrected chi connectivity index (χ3v) is 4.19. The van der Waals surface area contributed by atoms with E-state index in [0.717, 1.165) is 15.6 Å². The average Bonchev–Trinajstić information content (AvgIpc) is 2.48. The second-order valence-electron chi connectivity index (χ2n) is 5.84. The van der Waals surface area contributed by atoms with Crippen molar-refractivity contribution in [1.82, 2.24) is 15.1 Å². The van der Waals surface area contributed by atoms with E-state index in [1.165, 1.54) is 0 Å². The number of nitrogens with one attached hydrogen (secondary N) is 1. The van der Waals surface area contributed by atoms with Gasteiger partial charge < -0.3 is 15.1 Å². The van der Waals surface area contributed by atoms with E-state index in [0.29, 0.717) is 26.2 Å². The number of benzene rings is 1. The fraction of sp³-hybridized carbons (Fsp3) is 0.500. The first-order valence-corrected chi connectivity index (χ1v) is 8.28. The van der Waals surface area contributed by atoms with Gasteiger partial charge in [-0.25, -0.2) is 4.79 Å². The van der Waals surface area contributed by atoms with Gasteiger partial charge >= 0.3 is 6.03 Å². The van der Waals surface area contributed by atoms with Gasteiger partial charge in [-0.05, 0) is 38.5 Å². The highest BCUT2D eigenvalue weighted by Crippen LogP contribution is 2.18. The number of urea groups is 1. The molecule has 120 valence electrons. The summed E-state index contributed by atoms with van der Waals surface area (Å²) in [6.07, 6.45) is 0. The maximum atomic E-state index is 12.6. The molecular weight excluding hydrogens is 346 g/mol. The molecular formula is C16H22BrN3O2. The largest absolute Gasteiger partial charge is 0.336 e. The maximum Gasteiger partial charge on any atom is 0.317 e. The molecule has 1 aromatic carbocycles. The smallest absolute Gasteiger partial charge is 0.317 e. The number of hydrogen-bond acceptors (Lipinski definition) is 2. The highest BCUT2D eigenvalue weighted by Gasteiger charge is 2.25. The van der Waals surface area contributed by atoms with Crippen molar-refractivity contribution in [3.05, 3.63) is 33.8 Å². The van der Waals surface area contributed by atoms with Gasteiger partial charge in [0.05, 0.1) is 0 Å². The number of halogens is 1. The zero-order chi connectivity index (χ0) is 16.3. The number of nitrogens with zero attached hydrogens (tertiary/aromatic N) is 2. The Labute approximate surface area is 139 Å². The molecule has 1 N–H and O–H groups in total. The second kappa shape index (κ2) is 7.13. The molecule has 0 radical (unpaired) electrons. The maximum absolute atomic E-state index is 12.6. The van der Waals surface area contributed by atoms with Gasteiger partial charge in [-0.15, -0.1) is 0 Å². The SMILES string of the molecule is Cc1ccc(Br)cc1C(=O)N1CCN(C(=O)NC(C)C)CC1. The first-order valence-electron chi connectivity index (χ1n) is 7.49. The van der Waals surface area contributed by atoms with Crippen LogP contribution in [0.25, 0.3) is 0 Å². The molecule has 0 bridgehead atoms. The number of piperazine rings is 1. The molecule has 1 fully saturated rings. The highest BCUT2D eigenvalue weighted by atomic mass is 79.9. The van der Waals surface area contributed by atoms with Crippen LogP contribution in [0, 0.1) is 6.92 Å². The Balaban J connectivity index is 1.98. The summed E-state index contributed by atoms with van der Waals surface area (Å²) in [6, 6.07) is 5.79. The molecule has 3 amide bonds. The quantitative estimate of drug-likeness (QED) is 0.873. The molecule has 0 aliphatic carbocycles. The second-order valence-corrected chi connectivity index (χ2v) is 6.76. The van der Waals surface area contributed by atoms with Gasteiger partial charge in [0.15, 0.2) is 0 Å². The van der Waals surface area contributed by atoms with Gasteiger partial charge in [0.2, 0.25) is 0 Å². The number of aryl methyl sites for hydroxylation is 1. The molecule has 1 aromatic rings. The van der Waals surface area contributed by atoms with Crippen LogP contribution in [0.3, 0.4) is 0 Å². The molecule has 22 heavy (non-hydrogen) atoms. The summed E-state index contributed by atoms with van der Waals surface area (Å²) in [7, 11) is 0. The van der Waals surface area contributed by atoms with Gasteiger partial charge in [-0.3, -0.25) is 4.79 Å². The van der Waals surface area contributed by atoms with Crippen LogP contribution in [0.1, 0.15) is 29.8 Å². The van der Waals surface area contributed by atoms with E-state index in [4.69, 9.17) is 0 Å². The van der Waals surface area contributed by atoms with E-state index < -0.39 is 0 Å². The number of amides is 3. The zero-order valence-corrected chi connectivity index (χ0v) is 14.8. The van der Waals surface area contributed by atoms with Gasteiger partial charge in [0.1, 0.15) is 0 Å². The normalized spacial score (nSPS) is 15.1. The lowest BCUT2D eigenvalue weighted by Crippen LogP contribution is -2.54. The molecule has 1 saturated heterocycles. The van der Waals surface area contributed by atoms with Crippen LogP contribution < -0.4 is 5.32 Å². The van der Waals surface area contributed by atoms with Crippen LogP contribution in [0.4, 0.5) is 4.79 Å². The van der Waals surface area contributed by atoms with E-state index in [2.05, 4.69) is 21.2 Å². The minimum atomic E-state index is -0.0549. The Kier molecular flexibility index (Phi) is 5.45. The van der Waals surface area contributed by atoms with E-state index in [1.807, 2.05) is 43.9 Å². The third kappa shape index (κ3) is 4.00. The minimum Gasteiger partial charge on any atom is -0.336 e. The first kappa shape index (κ1) is 16.8. The van der Waals surface area contributed by atoms with E-state index in [9.17, 15) is 9.59 Å². The standard InChI is InChI=1S/C16H22BrN3O2/c1-11(2)18-16(22)20-8-6-19(7-9-20)15(21)14-10-13(17)5-4-12(14)3/h4-5,10-11H,6-9H2,1-3H3,(H,18,22). The lowest BCUT2D eigenvalue weighted by Gasteiger charge is -2.35. The van der Waals surface area contributed by atoms with Crippen LogP contribution >= 0.6 is 15.9 Å². The van der Waals surface area contributed by atoms with Crippen molar-refractivity contribution in [2.75, 3.05) is 26.2 Å². The Morgan fingerprint density at radius 2 is 1.73 bits per heavy atom. The molecule has 0 aromatic heterocycles. The Bertz CT molecular complexity index is 567. The van der Waals surface area contributed by atoms with Gasteiger partial charge in [0, 0.05) is 42.3 Å². The summed E-state index contributed by atoms with van der Waals surface area (Å²) in [5, 5.41) is 2.88. The lowest BCUT2D eigenvalue weighted by atomic mass is 10.1. The van der Waals surface area contributed by atoms with E-state index >= 15 is 0 Å². The van der Waals surface area contributed by atoms with Crippen LogP contribution in [0.2, 0.25) is 0 Å². The monoisotopic (exact) mass is 367 g/mol. The predicted octanol–water partition coefficient (Wildman–Crippen LogP) is 2.63. The Morgan fingerprint density at radius 3 is 2.32 bits per heavy atom. The fourth-order valence-corrected chi connectivity index (χ4v) is 2.81. The van der Waals surface area contributed by atoms with Crippen LogP contribution in [0.15, 0.2) is 22.7 Å². The molecule has 1 aliphatic rings. The number of carbonyl (C=O) groups excluding carboxylic acids is 2. The summed E-state index contributed by atoms with van der Waals surface area (Å²) in [4.78, 5) is 28.1. The molecule has 0 atom stereocenters. The lowest BCUT2D eigenvalue weighted by molar-refractivity contribution is 0.0663. The molecule has 0 spiro atoms. The predicted molar refractivity (Wildman–Crippen MR) is 90.0 cm³/mol. The van der Waals surface area contributed by atoms with Crippen LogP contribution in [0.5, 0.6) is 0 Å². The Morgan fingerprint density at radius 1 is 1.14 bits per heavy atom. The van der Waals surface area contributed by atoms with Gasteiger partial charge in [-0.1, -0.05) is 22.0 Å². The summed E-state index contributed by atoms with van der Waals surface area (Å²) in [5.74, 6) is 0.0303. The molecule has 6 heteroatoms. The fourth-order valence-electron chi connectivity index (χ4n) is 2.45. The highest BCUT2D eigenvalue weighted by molar-refractivity contribution is 9.10. The third-order valence-electron chi connectivity index (χ3n) is 3.70. The topological polar surface area (TPSA) is 52.7 Å². The first-order chi connectivity index (χ1) is 10.4. The van der Waals surface area contributed by atoms with Crippen molar-refractivity contribution in [2.24, 2.45) is 0 Å². The number of carbonyl (C=O) groups is 2.